The minimum atomic E-state index is 0.0165. The van der Waals surface area contributed by atoms with Crippen LogP contribution in [0.4, 0.5) is 11.4 Å². The molecule has 0 saturated carbocycles. The zero-order valence-corrected chi connectivity index (χ0v) is 23.4. The molecule has 0 bridgehead atoms. The summed E-state index contributed by atoms with van der Waals surface area (Å²) in [5.41, 5.74) is 8.36. The summed E-state index contributed by atoms with van der Waals surface area (Å²) >= 11 is 0. The molecule has 39 heavy (non-hydrogen) atoms. The second-order valence-electron chi connectivity index (χ2n) is 9.26. The largest absolute Gasteiger partial charge is 0.470 e. The molecule has 6 nitrogen and oxygen atoms in total. The van der Waals surface area contributed by atoms with E-state index in [2.05, 4.69) is 61.0 Å². The molecule has 3 N–H and O–H groups in total. The van der Waals surface area contributed by atoms with Crippen molar-refractivity contribution < 1.29 is 4.74 Å². The Morgan fingerprint density at radius 1 is 1.10 bits per heavy atom. The lowest BCUT2D eigenvalue weighted by atomic mass is 9.98. The van der Waals surface area contributed by atoms with Gasteiger partial charge in [-0.3, -0.25) is 0 Å². The van der Waals surface area contributed by atoms with Crippen LogP contribution in [0.1, 0.15) is 22.3 Å². The first-order chi connectivity index (χ1) is 19.1. The Morgan fingerprint density at radius 3 is 2.46 bits per heavy atom. The van der Waals surface area contributed by atoms with Gasteiger partial charge in [0, 0.05) is 36.6 Å². The molecule has 0 aliphatic carbocycles. The molecule has 0 fully saturated rings. The number of aryl methyl sites for hydroxylation is 1. The number of hydrogen-bond acceptors (Lipinski definition) is 6. The van der Waals surface area contributed by atoms with Crippen LogP contribution in [0.15, 0.2) is 85.1 Å². The summed E-state index contributed by atoms with van der Waals surface area (Å²) < 4.78 is 6.12. The van der Waals surface area contributed by atoms with Gasteiger partial charge in [-0.05, 0) is 72.7 Å². The maximum absolute atomic E-state index is 8.89. The molecular formula is C32H34N5OP. The Labute approximate surface area is 233 Å². The van der Waals surface area contributed by atoms with E-state index in [0.29, 0.717) is 11.4 Å². The van der Waals surface area contributed by atoms with Gasteiger partial charge in [-0.1, -0.05) is 48.5 Å². The zero-order valence-electron chi connectivity index (χ0n) is 22.4. The molecule has 4 aromatic rings. The second kappa shape index (κ2) is 14.1. The quantitative estimate of drug-likeness (QED) is 0.191. The lowest BCUT2D eigenvalue weighted by Gasteiger charge is -2.27. The second-order valence-corrected chi connectivity index (χ2v) is 9.55. The molecule has 1 aliphatic heterocycles. The van der Waals surface area contributed by atoms with Gasteiger partial charge in [0.1, 0.15) is 6.10 Å². The smallest absolute Gasteiger partial charge is 0.237 e. The van der Waals surface area contributed by atoms with Crippen molar-refractivity contribution in [2.24, 2.45) is 0 Å². The number of nitriles is 1. The minimum Gasteiger partial charge on any atom is -0.470 e. The van der Waals surface area contributed by atoms with Crippen molar-refractivity contribution >= 4 is 26.0 Å². The van der Waals surface area contributed by atoms with Gasteiger partial charge >= 0.3 is 0 Å². The van der Waals surface area contributed by atoms with E-state index >= 15 is 0 Å². The lowest BCUT2D eigenvalue weighted by molar-refractivity contribution is 0.194. The summed E-state index contributed by atoms with van der Waals surface area (Å²) in [6, 6.07) is 28.3. The van der Waals surface area contributed by atoms with Gasteiger partial charge in [-0.2, -0.15) is 5.26 Å². The Hall–Kier alpha value is -4.17. The predicted molar refractivity (Wildman–Crippen MR) is 165 cm³/mol. The highest BCUT2D eigenvalue weighted by molar-refractivity contribution is 7.19. The average molecular weight is 536 g/mol. The number of hydrogen-bond donors (Lipinski definition) is 3. The maximum Gasteiger partial charge on any atom is 0.237 e. The molecule has 0 unspecified atom stereocenters. The molecule has 0 saturated heterocycles. The van der Waals surface area contributed by atoms with E-state index in [-0.39, 0.29) is 6.10 Å². The van der Waals surface area contributed by atoms with E-state index in [0.717, 1.165) is 54.1 Å². The predicted octanol–water partition coefficient (Wildman–Crippen LogP) is 5.96. The van der Waals surface area contributed by atoms with Crippen LogP contribution < -0.4 is 20.7 Å². The van der Waals surface area contributed by atoms with Crippen LogP contribution in [0.2, 0.25) is 0 Å². The fourth-order valence-corrected chi connectivity index (χ4v) is 4.59. The van der Waals surface area contributed by atoms with Crippen molar-refractivity contribution in [3.8, 4) is 23.1 Å². The van der Waals surface area contributed by atoms with Gasteiger partial charge in [0.05, 0.1) is 23.9 Å². The standard InChI is InChI=1S/C26H28N5OP.C6H6/c1-17-9-24(28-2)21(16-33)10-23(17)20-11-25-26(31-13-20)32-22(15-30-25)14-29-8-7-18-3-5-19(12-27)6-4-18;1-2-4-6-5-3-1/h3-6,9-11,13,16,22,28-30,33H,7-8,14-15H2,1-2H3;1-6H/t22-;/m1./s1. The number of rotatable bonds is 8. The SMILES string of the molecule is CNc1cc(C)c(-c2cnc3c(c2)NC[C@@H](CNCCc2ccc(C#N)cc2)O3)cc1C=P.c1ccccc1. The number of nitrogens with one attached hydrogen (secondary N) is 3. The first kappa shape index (κ1) is 27.9. The molecule has 3 aromatic carbocycles. The molecule has 1 aliphatic rings. The first-order valence-corrected chi connectivity index (χ1v) is 13.6. The fourth-order valence-electron chi connectivity index (χ4n) is 4.36. The summed E-state index contributed by atoms with van der Waals surface area (Å²) in [5, 5.41) is 19.1. The highest BCUT2D eigenvalue weighted by Gasteiger charge is 2.21. The van der Waals surface area contributed by atoms with Crippen molar-refractivity contribution in [2.45, 2.75) is 19.4 Å². The summed E-state index contributed by atoms with van der Waals surface area (Å²) in [7, 11) is 5.44. The summed E-state index contributed by atoms with van der Waals surface area (Å²) in [4.78, 5) is 4.60. The monoisotopic (exact) mass is 535 g/mol. The lowest BCUT2D eigenvalue weighted by Crippen LogP contribution is -2.40. The Morgan fingerprint density at radius 2 is 1.82 bits per heavy atom. The van der Waals surface area contributed by atoms with Gasteiger partial charge < -0.3 is 20.7 Å². The third-order valence-corrected chi connectivity index (χ3v) is 6.81. The van der Waals surface area contributed by atoms with E-state index in [9.17, 15) is 0 Å². The van der Waals surface area contributed by atoms with Crippen LogP contribution >= 0.6 is 8.86 Å². The molecule has 0 radical (unpaired) electrons. The minimum absolute atomic E-state index is 0.0165. The molecule has 2 heterocycles. The highest BCUT2D eigenvalue weighted by Crippen LogP contribution is 2.34. The van der Waals surface area contributed by atoms with Gasteiger partial charge in [-0.25, -0.2) is 4.98 Å². The van der Waals surface area contributed by atoms with E-state index in [1.807, 2.05) is 79.7 Å². The van der Waals surface area contributed by atoms with Crippen LogP contribution in [0.3, 0.4) is 0 Å². The number of benzene rings is 3. The number of nitrogens with zero attached hydrogens (tertiary/aromatic N) is 2. The summed E-state index contributed by atoms with van der Waals surface area (Å²) in [5.74, 6) is 2.56. The van der Waals surface area contributed by atoms with Crippen LogP contribution in [0.5, 0.6) is 5.88 Å². The van der Waals surface area contributed by atoms with Crippen molar-refractivity contribution in [2.75, 3.05) is 37.3 Å². The highest BCUT2D eigenvalue weighted by atomic mass is 31.0. The Balaban J connectivity index is 0.000000519. The topological polar surface area (TPSA) is 82.0 Å². The van der Waals surface area contributed by atoms with Crippen LogP contribution in [-0.4, -0.2) is 43.6 Å². The Bertz CT molecular complexity index is 1390. The van der Waals surface area contributed by atoms with Crippen LogP contribution in [0, 0.1) is 18.3 Å². The van der Waals surface area contributed by atoms with Gasteiger partial charge in [0.2, 0.25) is 5.88 Å². The van der Waals surface area contributed by atoms with E-state index in [1.54, 1.807) is 0 Å². The Kier molecular flexibility index (Phi) is 10.1. The normalized spacial score (nSPS) is 13.4. The summed E-state index contributed by atoms with van der Waals surface area (Å²) in [6.45, 7) is 4.41. The number of anilines is 2. The molecular weight excluding hydrogens is 501 g/mol. The number of pyridine rings is 1. The molecule has 1 atom stereocenters. The van der Waals surface area contributed by atoms with Crippen molar-refractivity contribution in [3.05, 3.63) is 107 Å². The van der Waals surface area contributed by atoms with Crippen LogP contribution in [-0.2, 0) is 6.42 Å². The zero-order chi connectivity index (χ0) is 27.5. The van der Waals surface area contributed by atoms with E-state index < -0.39 is 0 Å². The van der Waals surface area contributed by atoms with Crippen LogP contribution in [0.25, 0.3) is 11.1 Å². The molecule has 5 rings (SSSR count). The molecule has 198 valence electrons. The van der Waals surface area contributed by atoms with E-state index in [1.165, 1.54) is 11.1 Å². The molecule has 1 aromatic heterocycles. The maximum atomic E-state index is 8.89. The van der Waals surface area contributed by atoms with Crippen molar-refractivity contribution in [1.82, 2.24) is 10.3 Å². The third-order valence-electron chi connectivity index (χ3n) is 6.49. The fraction of sp³-hybridized carbons (Fsp3) is 0.219. The number of ether oxygens (including phenoxy) is 1. The van der Waals surface area contributed by atoms with Gasteiger partial charge in [0.15, 0.2) is 0 Å². The third kappa shape index (κ3) is 7.67. The van der Waals surface area contributed by atoms with Gasteiger partial charge in [0.25, 0.3) is 0 Å². The summed E-state index contributed by atoms with van der Waals surface area (Å²) in [6.07, 6.45) is 2.80. The molecule has 0 amide bonds. The van der Waals surface area contributed by atoms with Crippen molar-refractivity contribution in [1.29, 1.82) is 5.26 Å². The van der Waals surface area contributed by atoms with E-state index in [4.69, 9.17) is 10.00 Å². The van der Waals surface area contributed by atoms with Gasteiger partial charge in [-0.15, -0.1) is 8.86 Å². The number of fused-ring (bicyclic) bond motifs is 1. The average Bonchev–Trinajstić information content (AvgIpc) is 3.00. The number of aromatic nitrogens is 1. The molecule has 7 heteroatoms. The van der Waals surface area contributed by atoms with Crippen molar-refractivity contribution in [3.63, 3.8) is 0 Å². The first-order valence-electron chi connectivity index (χ1n) is 13.0. The molecule has 0 spiro atoms.